The van der Waals surface area contributed by atoms with Crippen molar-refractivity contribution >= 4 is 42.4 Å². The average Bonchev–Trinajstić information content (AvgIpc) is 3.19. The summed E-state index contributed by atoms with van der Waals surface area (Å²) in [5.74, 6) is -0.799. The molecule has 0 radical (unpaired) electrons. The largest absolute Gasteiger partial charge is 0.309 e. The van der Waals surface area contributed by atoms with Gasteiger partial charge in [-0.3, -0.25) is 9.69 Å². The van der Waals surface area contributed by atoms with E-state index >= 15 is 0 Å². The number of anilines is 1. The molecular formula is C24H30FN3O3S2. The van der Waals surface area contributed by atoms with Gasteiger partial charge in [0.2, 0.25) is 5.91 Å². The van der Waals surface area contributed by atoms with Gasteiger partial charge in [-0.1, -0.05) is 24.3 Å². The van der Waals surface area contributed by atoms with E-state index in [0.29, 0.717) is 11.7 Å². The van der Waals surface area contributed by atoms with Gasteiger partial charge in [0.05, 0.1) is 20.9 Å². The second-order valence-corrected chi connectivity index (χ2v) is 11.3. The number of hydrogen-bond donors (Lipinski definition) is 0. The molecule has 1 amide bonds. The Labute approximate surface area is 199 Å². The van der Waals surface area contributed by atoms with Gasteiger partial charge in [0.1, 0.15) is 5.82 Å². The van der Waals surface area contributed by atoms with Crippen LogP contribution in [0.4, 0.5) is 9.52 Å². The Kier molecular flexibility index (Phi) is 8.56. The molecule has 6 nitrogen and oxygen atoms in total. The summed E-state index contributed by atoms with van der Waals surface area (Å²) in [6.45, 7) is 3.44. The highest BCUT2D eigenvalue weighted by molar-refractivity contribution is 7.91. The third kappa shape index (κ3) is 6.82. The monoisotopic (exact) mass is 491 g/mol. The van der Waals surface area contributed by atoms with Crippen LogP contribution < -0.4 is 4.90 Å². The quantitative estimate of drug-likeness (QED) is 0.369. The Morgan fingerprint density at radius 2 is 1.79 bits per heavy atom. The first-order valence-corrected chi connectivity index (χ1v) is 13.5. The average molecular weight is 492 g/mol. The number of fused-ring (bicyclic) bond motifs is 1. The van der Waals surface area contributed by atoms with Gasteiger partial charge in [-0.2, -0.15) is 0 Å². The summed E-state index contributed by atoms with van der Waals surface area (Å²) in [7, 11) is 0.389. The highest BCUT2D eigenvalue weighted by atomic mass is 32.2. The second-order valence-electron chi connectivity index (χ2n) is 8.23. The van der Waals surface area contributed by atoms with Crippen molar-refractivity contribution in [2.75, 3.05) is 37.8 Å². The number of amides is 1. The molecular weight excluding hydrogens is 461 g/mol. The van der Waals surface area contributed by atoms with E-state index in [2.05, 4.69) is 22.9 Å². The zero-order valence-corrected chi connectivity index (χ0v) is 20.9. The van der Waals surface area contributed by atoms with Gasteiger partial charge in [-0.05, 0) is 81.9 Å². The van der Waals surface area contributed by atoms with Crippen molar-refractivity contribution in [3.8, 4) is 0 Å². The van der Waals surface area contributed by atoms with Crippen LogP contribution in [0.25, 0.3) is 10.2 Å². The summed E-state index contributed by atoms with van der Waals surface area (Å²) in [6.07, 6.45) is 1.99. The Hall–Kier alpha value is -2.36. The van der Waals surface area contributed by atoms with Crippen molar-refractivity contribution in [1.82, 2.24) is 9.88 Å². The molecule has 0 bridgehead atoms. The molecule has 0 N–H and O–H groups in total. The molecule has 0 aliphatic rings. The highest BCUT2D eigenvalue weighted by Gasteiger charge is 2.21. The van der Waals surface area contributed by atoms with E-state index in [1.807, 2.05) is 26.2 Å². The minimum atomic E-state index is -3.58. The predicted molar refractivity (Wildman–Crippen MR) is 132 cm³/mol. The maximum Gasteiger partial charge on any atom is 0.228 e. The number of benzene rings is 2. The SMILES string of the molecule is CCc1ccc2nc(N(CCCN(C)C)C(=O)CCCS(=O)(=O)c3ccc(F)cc3)sc2c1. The fourth-order valence-corrected chi connectivity index (χ4v) is 5.86. The number of halogens is 1. The van der Waals surface area contributed by atoms with Crippen molar-refractivity contribution < 1.29 is 17.6 Å². The number of rotatable bonds is 11. The number of nitrogens with zero attached hydrogens (tertiary/aromatic N) is 3. The van der Waals surface area contributed by atoms with Crippen LogP contribution in [-0.2, 0) is 21.1 Å². The van der Waals surface area contributed by atoms with Crippen molar-refractivity contribution in [2.45, 2.75) is 37.5 Å². The van der Waals surface area contributed by atoms with Crippen LogP contribution in [0.1, 0.15) is 31.7 Å². The van der Waals surface area contributed by atoms with Gasteiger partial charge in [0, 0.05) is 13.0 Å². The maximum absolute atomic E-state index is 13.1. The molecule has 0 atom stereocenters. The van der Waals surface area contributed by atoms with Gasteiger partial charge in [0.25, 0.3) is 0 Å². The van der Waals surface area contributed by atoms with Crippen molar-refractivity contribution in [2.24, 2.45) is 0 Å². The van der Waals surface area contributed by atoms with Gasteiger partial charge in [-0.25, -0.2) is 17.8 Å². The molecule has 0 fully saturated rings. The summed E-state index contributed by atoms with van der Waals surface area (Å²) in [4.78, 5) is 21.6. The summed E-state index contributed by atoms with van der Waals surface area (Å²) < 4.78 is 39.2. The van der Waals surface area contributed by atoms with E-state index < -0.39 is 15.7 Å². The normalized spacial score (nSPS) is 11.9. The molecule has 0 saturated carbocycles. The molecule has 0 saturated heterocycles. The van der Waals surface area contributed by atoms with Crippen LogP contribution in [0.15, 0.2) is 47.4 Å². The van der Waals surface area contributed by atoms with Crippen LogP contribution >= 0.6 is 11.3 Å². The smallest absolute Gasteiger partial charge is 0.228 e. The summed E-state index contributed by atoms with van der Waals surface area (Å²) >= 11 is 1.49. The van der Waals surface area contributed by atoms with Crippen LogP contribution in [0.5, 0.6) is 0 Å². The van der Waals surface area contributed by atoms with Crippen molar-refractivity contribution in [3.05, 3.63) is 53.8 Å². The number of aryl methyl sites for hydroxylation is 1. The lowest BCUT2D eigenvalue weighted by Gasteiger charge is -2.21. The van der Waals surface area contributed by atoms with Crippen LogP contribution in [0.3, 0.4) is 0 Å². The van der Waals surface area contributed by atoms with Crippen LogP contribution in [0.2, 0.25) is 0 Å². The lowest BCUT2D eigenvalue weighted by molar-refractivity contribution is -0.118. The van der Waals surface area contributed by atoms with Crippen LogP contribution in [-0.4, -0.2) is 57.1 Å². The fourth-order valence-electron chi connectivity index (χ4n) is 3.47. The Morgan fingerprint density at radius 1 is 1.06 bits per heavy atom. The van der Waals surface area contributed by atoms with Crippen molar-refractivity contribution in [3.63, 3.8) is 0 Å². The highest BCUT2D eigenvalue weighted by Crippen LogP contribution is 2.30. The first-order chi connectivity index (χ1) is 15.7. The van der Waals surface area contributed by atoms with E-state index in [1.54, 1.807) is 4.90 Å². The van der Waals surface area contributed by atoms with E-state index in [1.165, 1.54) is 29.0 Å². The van der Waals surface area contributed by atoms with Crippen molar-refractivity contribution in [1.29, 1.82) is 0 Å². The first-order valence-electron chi connectivity index (χ1n) is 11.0. The van der Waals surface area contributed by atoms with Crippen LogP contribution in [0, 0.1) is 5.82 Å². The Bertz CT molecular complexity index is 1190. The third-order valence-corrected chi connectivity index (χ3v) is 8.20. The number of carbonyl (C=O) groups is 1. The van der Waals surface area contributed by atoms with E-state index in [0.717, 1.165) is 41.7 Å². The number of carbonyl (C=O) groups excluding carboxylic acids is 1. The minimum absolute atomic E-state index is 0.0667. The first kappa shape index (κ1) is 25.3. The lowest BCUT2D eigenvalue weighted by Crippen LogP contribution is -2.33. The molecule has 0 spiro atoms. The molecule has 3 rings (SSSR count). The summed E-state index contributed by atoms with van der Waals surface area (Å²) in [6, 6.07) is 10.9. The molecule has 3 aromatic rings. The third-order valence-electron chi connectivity index (χ3n) is 5.35. The summed E-state index contributed by atoms with van der Waals surface area (Å²) in [5, 5.41) is 0.642. The van der Waals surface area contributed by atoms with E-state index in [9.17, 15) is 17.6 Å². The zero-order valence-electron chi connectivity index (χ0n) is 19.3. The maximum atomic E-state index is 13.1. The van der Waals surface area contributed by atoms with E-state index in [4.69, 9.17) is 0 Å². The Morgan fingerprint density at radius 3 is 2.45 bits per heavy atom. The number of sulfone groups is 1. The molecule has 0 aliphatic heterocycles. The standard InChI is InChI=1S/C24H30FN3O3S2/c1-4-18-8-13-21-22(17-18)32-24(26-21)28(15-6-14-27(2)3)23(29)7-5-16-33(30,31)20-11-9-19(25)10-12-20/h8-13,17H,4-7,14-16H2,1-3H3. The number of aromatic nitrogens is 1. The molecule has 1 heterocycles. The topological polar surface area (TPSA) is 70.6 Å². The second kappa shape index (κ2) is 11.2. The minimum Gasteiger partial charge on any atom is -0.309 e. The predicted octanol–water partition coefficient (Wildman–Crippen LogP) is 4.54. The van der Waals surface area contributed by atoms with Gasteiger partial charge in [-0.15, -0.1) is 0 Å². The molecule has 9 heteroatoms. The molecule has 1 aromatic heterocycles. The fraction of sp³-hybridized carbons (Fsp3) is 0.417. The Balaban J connectivity index is 1.72. The molecule has 0 unspecified atom stereocenters. The number of hydrogen-bond acceptors (Lipinski definition) is 6. The molecule has 178 valence electrons. The molecule has 0 aliphatic carbocycles. The van der Waals surface area contributed by atoms with Gasteiger partial charge < -0.3 is 4.90 Å². The summed E-state index contributed by atoms with van der Waals surface area (Å²) in [5.41, 5.74) is 2.07. The zero-order chi connectivity index (χ0) is 24.0. The van der Waals surface area contributed by atoms with E-state index in [-0.39, 0.29) is 29.4 Å². The lowest BCUT2D eigenvalue weighted by atomic mass is 10.2. The number of thiazole rings is 1. The van der Waals surface area contributed by atoms with Gasteiger partial charge in [0.15, 0.2) is 15.0 Å². The molecule has 2 aromatic carbocycles. The molecule has 33 heavy (non-hydrogen) atoms. The van der Waals surface area contributed by atoms with Gasteiger partial charge >= 0.3 is 0 Å².